The van der Waals surface area contributed by atoms with Crippen LogP contribution in [0.1, 0.15) is 0 Å². The zero-order valence-corrected chi connectivity index (χ0v) is 6.63. The third kappa shape index (κ3) is 2.45. The molecule has 0 aliphatic carbocycles. The van der Waals surface area contributed by atoms with Crippen LogP contribution in [-0.4, -0.2) is 6.61 Å². The number of anilines is 2. The van der Waals surface area contributed by atoms with Crippen LogP contribution in [0, 0.1) is 0 Å². The fourth-order valence-corrected chi connectivity index (χ4v) is 0.852. The first-order valence-electron chi connectivity index (χ1n) is 3.44. The first-order valence-corrected chi connectivity index (χ1v) is 3.44. The highest BCUT2D eigenvalue weighted by Crippen LogP contribution is 2.27. The maximum atomic E-state index is 11.8. The summed E-state index contributed by atoms with van der Waals surface area (Å²) in [6, 6.07) is 4.24. The van der Waals surface area contributed by atoms with Gasteiger partial charge in [-0.2, -0.15) is 8.78 Å². The topological polar surface area (TPSA) is 73.3 Å². The van der Waals surface area contributed by atoms with E-state index in [1.165, 1.54) is 18.2 Å². The average molecular weight is 189 g/mol. The van der Waals surface area contributed by atoms with Gasteiger partial charge in [-0.05, 0) is 12.1 Å². The van der Waals surface area contributed by atoms with E-state index >= 15 is 0 Å². The lowest BCUT2D eigenvalue weighted by Crippen LogP contribution is -2.11. The maximum absolute atomic E-state index is 11.8. The highest BCUT2D eigenvalue weighted by atomic mass is 19.3. The van der Waals surface area contributed by atoms with Crippen molar-refractivity contribution in [3.8, 4) is 5.75 Å². The van der Waals surface area contributed by atoms with Crippen LogP contribution in [0.2, 0.25) is 0 Å². The third-order valence-electron chi connectivity index (χ3n) is 1.38. The molecule has 0 spiro atoms. The first kappa shape index (κ1) is 9.53. The predicted molar refractivity (Wildman–Crippen MR) is 45.3 cm³/mol. The zero-order valence-electron chi connectivity index (χ0n) is 6.63. The number of ether oxygens (including phenoxy) is 1. The van der Waals surface area contributed by atoms with E-state index in [2.05, 4.69) is 10.2 Å². The van der Waals surface area contributed by atoms with E-state index in [0.29, 0.717) is 5.69 Å². The molecule has 0 amide bonds. The minimum Gasteiger partial charge on any atom is -0.432 e. The van der Waals surface area contributed by atoms with E-state index in [1.54, 1.807) is 0 Å². The molecule has 0 saturated heterocycles. The molecule has 0 heterocycles. The number of alkyl halides is 2. The quantitative estimate of drug-likeness (QED) is 0.379. The molecule has 4 nitrogen and oxygen atoms in total. The van der Waals surface area contributed by atoms with Gasteiger partial charge < -0.3 is 15.9 Å². The van der Waals surface area contributed by atoms with Gasteiger partial charge in [-0.25, -0.2) is 0 Å². The Balaban J connectivity index is 2.94. The summed E-state index contributed by atoms with van der Waals surface area (Å²) in [7, 11) is 0. The van der Waals surface area contributed by atoms with Crippen molar-refractivity contribution in [1.82, 2.24) is 0 Å². The molecule has 1 rings (SSSR count). The van der Waals surface area contributed by atoms with Crippen LogP contribution in [0.25, 0.3) is 0 Å². The SMILES string of the molecule is NNc1ccc(N)cc1OC(F)F. The molecule has 1 aromatic carbocycles. The molecular formula is C7H9F2N3O. The molecule has 0 aliphatic heterocycles. The Labute approximate surface area is 73.4 Å². The number of rotatable bonds is 3. The van der Waals surface area contributed by atoms with Crippen LogP contribution >= 0.6 is 0 Å². The molecule has 0 bridgehead atoms. The van der Waals surface area contributed by atoms with Crippen molar-refractivity contribution in [3.05, 3.63) is 18.2 Å². The highest BCUT2D eigenvalue weighted by Gasteiger charge is 2.08. The van der Waals surface area contributed by atoms with Crippen LogP contribution < -0.4 is 21.7 Å². The number of hydrogen-bond acceptors (Lipinski definition) is 4. The second kappa shape index (κ2) is 3.90. The van der Waals surface area contributed by atoms with Crippen molar-refractivity contribution in [2.75, 3.05) is 11.2 Å². The molecule has 72 valence electrons. The van der Waals surface area contributed by atoms with Gasteiger partial charge >= 0.3 is 6.61 Å². The average Bonchev–Trinajstić information content (AvgIpc) is 2.03. The second-order valence-corrected chi connectivity index (χ2v) is 2.28. The molecule has 0 fully saturated rings. The van der Waals surface area contributed by atoms with E-state index in [9.17, 15) is 8.78 Å². The lowest BCUT2D eigenvalue weighted by Gasteiger charge is -2.10. The van der Waals surface area contributed by atoms with Crippen molar-refractivity contribution in [3.63, 3.8) is 0 Å². The molecule has 13 heavy (non-hydrogen) atoms. The summed E-state index contributed by atoms with van der Waals surface area (Å²) in [4.78, 5) is 0. The number of nitrogens with one attached hydrogen (secondary N) is 1. The van der Waals surface area contributed by atoms with E-state index < -0.39 is 6.61 Å². The van der Waals surface area contributed by atoms with E-state index in [1.807, 2.05) is 0 Å². The maximum Gasteiger partial charge on any atom is 0.387 e. The molecule has 1 aromatic rings. The fraction of sp³-hybridized carbons (Fsp3) is 0.143. The minimum atomic E-state index is -2.89. The first-order chi connectivity index (χ1) is 6.13. The summed E-state index contributed by atoms with van der Waals surface area (Å²) in [5, 5.41) is 0. The number of halogens is 2. The predicted octanol–water partition coefficient (Wildman–Crippen LogP) is 1.16. The number of benzene rings is 1. The highest BCUT2D eigenvalue weighted by molar-refractivity contribution is 5.61. The minimum absolute atomic E-state index is 0.0718. The van der Waals surface area contributed by atoms with Crippen molar-refractivity contribution in [2.45, 2.75) is 6.61 Å². The van der Waals surface area contributed by atoms with Gasteiger partial charge in [0.15, 0.2) is 5.75 Å². The summed E-state index contributed by atoms with van der Waals surface area (Å²) in [5.41, 5.74) is 8.17. The van der Waals surface area contributed by atoms with Gasteiger partial charge in [-0.1, -0.05) is 0 Å². The normalized spacial score (nSPS) is 10.2. The number of hydrogen-bond donors (Lipinski definition) is 3. The van der Waals surface area contributed by atoms with E-state index in [4.69, 9.17) is 11.6 Å². The smallest absolute Gasteiger partial charge is 0.387 e. The number of nitrogens with two attached hydrogens (primary N) is 2. The van der Waals surface area contributed by atoms with Crippen LogP contribution in [-0.2, 0) is 0 Å². The van der Waals surface area contributed by atoms with Gasteiger partial charge in [0.05, 0.1) is 5.69 Å². The number of nitrogen functional groups attached to an aromatic ring is 2. The summed E-state index contributed by atoms with van der Waals surface area (Å²) >= 11 is 0. The molecule has 0 aliphatic rings. The van der Waals surface area contributed by atoms with Crippen molar-refractivity contribution >= 4 is 11.4 Å². The summed E-state index contributed by atoms with van der Waals surface area (Å²) in [5.74, 6) is 4.99. The van der Waals surface area contributed by atoms with Gasteiger partial charge in [-0.3, -0.25) is 5.84 Å². The Morgan fingerprint density at radius 2 is 2.08 bits per heavy atom. The Morgan fingerprint density at radius 1 is 1.38 bits per heavy atom. The van der Waals surface area contributed by atoms with E-state index in [0.717, 1.165) is 0 Å². The molecule has 0 radical (unpaired) electrons. The van der Waals surface area contributed by atoms with Gasteiger partial charge in [0.25, 0.3) is 0 Å². The molecule has 6 heteroatoms. The Kier molecular flexibility index (Phi) is 2.86. The lowest BCUT2D eigenvalue weighted by atomic mass is 10.2. The van der Waals surface area contributed by atoms with Gasteiger partial charge in [-0.15, -0.1) is 0 Å². The fourth-order valence-electron chi connectivity index (χ4n) is 0.852. The van der Waals surface area contributed by atoms with E-state index in [-0.39, 0.29) is 11.4 Å². The Morgan fingerprint density at radius 3 is 2.62 bits per heavy atom. The third-order valence-corrected chi connectivity index (χ3v) is 1.38. The zero-order chi connectivity index (χ0) is 9.84. The molecule has 0 aromatic heterocycles. The van der Waals surface area contributed by atoms with Crippen LogP contribution in [0.4, 0.5) is 20.2 Å². The van der Waals surface area contributed by atoms with Crippen LogP contribution in [0.3, 0.4) is 0 Å². The molecule has 5 N–H and O–H groups in total. The summed E-state index contributed by atoms with van der Waals surface area (Å²) < 4.78 is 27.8. The summed E-state index contributed by atoms with van der Waals surface area (Å²) in [6.45, 7) is -2.89. The second-order valence-electron chi connectivity index (χ2n) is 2.28. The Hall–Kier alpha value is -1.56. The van der Waals surface area contributed by atoms with Gasteiger partial charge in [0.2, 0.25) is 0 Å². The number of hydrazine groups is 1. The molecular weight excluding hydrogens is 180 g/mol. The van der Waals surface area contributed by atoms with Gasteiger partial charge in [0, 0.05) is 11.8 Å². The lowest BCUT2D eigenvalue weighted by molar-refractivity contribution is -0.0493. The van der Waals surface area contributed by atoms with Crippen LogP contribution in [0.5, 0.6) is 5.75 Å². The summed E-state index contributed by atoms with van der Waals surface area (Å²) in [6.07, 6.45) is 0. The standard InChI is InChI=1S/C7H9F2N3O/c8-7(9)13-6-3-4(10)1-2-5(6)12-11/h1-3,7,12H,10-11H2. The van der Waals surface area contributed by atoms with Crippen molar-refractivity contribution in [2.24, 2.45) is 5.84 Å². The Bertz CT molecular complexity index is 293. The van der Waals surface area contributed by atoms with Crippen molar-refractivity contribution in [1.29, 1.82) is 0 Å². The van der Waals surface area contributed by atoms with Gasteiger partial charge in [0.1, 0.15) is 0 Å². The monoisotopic (exact) mass is 189 g/mol. The van der Waals surface area contributed by atoms with Crippen LogP contribution in [0.15, 0.2) is 18.2 Å². The molecule has 0 atom stereocenters. The molecule has 0 saturated carbocycles. The largest absolute Gasteiger partial charge is 0.432 e. The molecule has 0 unspecified atom stereocenters. The van der Waals surface area contributed by atoms with Crippen molar-refractivity contribution < 1.29 is 13.5 Å².